The van der Waals surface area contributed by atoms with E-state index < -0.39 is 0 Å². The van der Waals surface area contributed by atoms with Crippen LogP contribution >= 0.6 is 27.5 Å². The predicted molar refractivity (Wildman–Crippen MR) is 108 cm³/mol. The third-order valence-corrected chi connectivity index (χ3v) is 4.98. The van der Waals surface area contributed by atoms with Crippen molar-refractivity contribution < 1.29 is 9.13 Å². The van der Waals surface area contributed by atoms with Gasteiger partial charge in [-0.1, -0.05) is 35.9 Å². The second kappa shape index (κ2) is 8.56. The summed E-state index contributed by atoms with van der Waals surface area (Å²) >= 11 is 9.68. The van der Waals surface area contributed by atoms with Crippen LogP contribution in [-0.2, 0) is 13.2 Å². The molecule has 0 unspecified atom stereocenters. The van der Waals surface area contributed by atoms with Gasteiger partial charge in [0, 0.05) is 17.3 Å². The van der Waals surface area contributed by atoms with Crippen molar-refractivity contribution in [3.63, 3.8) is 0 Å². The number of nitrogens with one attached hydrogen (secondary N) is 1. The summed E-state index contributed by atoms with van der Waals surface area (Å²) < 4.78 is 19.8. The summed E-state index contributed by atoms with van der Waals surface area (Å²) in [5.41, 5.74) is 3.92. The molecule has 0 fully saturated rings. The van der Waals surface area contributed by atoms with Gasteiger partial charge in [-0.2, -0.15) is 0 Å². The predicted octanol–water partition coefficient (Wildman–Crippen LogP) is 6.74. The highest BCUT2D eigenvalue weighted by Gasteiger charge is 2.05. The van der Waals surface area contributed by atoms with Crippen LogP contribution in [0.2, 0.25) is 5.02 Å². The molecular weight excluding hydrogens is 417 g/mol. The van der Waals surface area contributed by atoms with Crippen LogP contribution in [0.15, 0.2) is 65.1 Å². The Morgan fingerprint density at radius 1 is 1.04 bits per heavy atom. The lowest BCUT2D eigenvalue weighted by atomic mass is 10.2. The zero-order valence-corrected chi connectivity index (χ0v) is 16.6. The highest BCUT2D eigenvalue weighted by molar-refractivity contribution is 9.10. The molecule has 0 aliphatic rings. The second-order valence-corrected chi connectivity index (χ2v) is 7.26. The number of hydrogen-bond acceptors (Lipinski definition) is 2. The number of anilines is 1. The summed E-state index contributed by atoms with van der Waals surface area (Å²) in [7, 11) is 0. The van der Waals surface area contributed by atoms with Gasteiger partial charge in [-0.05, 0) is 75.9 Å². The second-order valence-electron chi connectivity index (χ2n) is 6.00. The maximum Gasteiger partial charge on any atom is 0.134 e. The molecule has 0 saturated heterocycles. The Hall–Kier alpha value is -2.04. The van der Waals surface area contributed by atoms with Crippen LogP contribution in [-0.4, -0.2) is 0 Å². The molecule has 0 aliphatic heterocycles. The highest BCUT2D eigenvalue weighted by Crippen LogP contribution is 2.27. The lowest BCUT2D eigenvalue weighted by Gasteiger charge is -2.12. The lowest BCUT2D eigenvalue weighted by molar-refractivity contribution is 0.303. The average molecular weight is 435 g/mol. The van der Waals surface area contributed by atoms with Gasteiger partial charge in [0.25, 0.3) is 0 Å². The molecule has 3 rings (SSSR count). The topological polar surface area (TPSA) is 21.3 Å². The van der Waals surface area contributed by atoms with Crippen LogP contribution in [0.1, 0.15) is 16.7 Å². The fraction of sp³-hybridized carbons (Fsp3) is 0.143. The number of benzene rings is 3. The summed E-state index contributed by atoms with van der Waals surface area (Å²) in [6.45, 7) is 2.96. The Morgan fingerprint density at radius 3 is 2.62 bits per heavy atom. The first-order chi connectivity index (χ1) is 12.5. The van der Waals surface area contributed by atoms with Crippen LogP contribution in [0, 0.1) is 12.7 Å². The van der Waals surface area contributed by atoms with Gasteiger partial charge >= 0.3 is 0 Å². The van der Waals surface area contributed by atoms with Crippen LogP contribution in [0.3, 0.4) is 0 Å². The van der Waals surface area contributed by atoms with Gasteiger partial charge in [-0.3, -0.25) is 0 Å². The van der Waals surface area contributed by atoms with Crippen LogP contribution in [0.5, 0.6) is 5.75 Å². The van der Waals surface area contributed by atoms with E-state index in [4.69, 9.17) is 16.3 Å². The third-order valence-electron chi connectivity index (χ3n) is 3.95. The van der Waals surface area contributed by atoms with Crippen molar-refractivity contribution >= 4 is 33.2 Å². The fourth-order valence-electron chi connectivity index (χ4n) is 2.47. The van der Waals surface area contributed by atoms with Crippen molar-refractivity contribution in [2.24, 2.45) is 0 Å². The molecule has 0 heterocycles. The SMILES string of the molecule is Cc1ccc(NCc2ccc(OCc3cccc(F)c3)c(Br)c2)cc1Cl. The van der Waals surface area contributed by atoms with Gasteiger partial charge in [0.1, 0.15) is 18.2 Å². The smallest absolute Gasteiger partial charge is 0.134 e. The zero-order chi connectivity index (χ0) is 18.5. The average Bonchev–Trinajstić information content (AvgIpc) is 2.62. The molecule has 0 amide bonds. The van der Waals surface area contributed by atoms with E-state index in [0.29, 0.717) is 13.2 Å². The van der Waals surface area contributed by atoms with E-state index in [1.54, 1.807) is 6.07 Å². The Balaban J connectivity index is 1.60. The number of ether oxygens (including phenoxy) is 1. The van der Waals surface area contributed by atoms with Crippen molar-refractivity contribution in [2.75, 3.05) is 5.32 Å². The van der Waals surface area contributed by atoms with E-state index in [1.807, 2.05) is 49.4 Å². The molecule has 3 aromatic carbocycles. The molecular formula is C21H18BrClFNO. The number of halogens is 3. The molecule has 5 heteroatoms. The van der Waals surface area contributed by atoms with E-state index in [0.717, 1.165) is 37.6 Å². The van der Waals surface area contributed by atoms with Crippen LogP contribution < -0.4 is 10.1 Å². The lowest BCUT2D eigenvalue weighted by Crippen LogP contribution is -2.01. The van der Waals surface area contributed by atoms with E-state index >= 15 is 0 Å². The number of aryl methyl sites for hydroxylation is 1. The molecule has 1 N–H and O–H groups in total. The summed E-state index contributed by atoms with van der Waals surface area (Å²) in [6, 6.07) is 18.2. The van der Waals surface area contributed by atoms with Gasteiger partial charge in [0.2, 0.25) is 0 Å². The first-order valence-corrected chi connectivity index (χ1v) is 9.34. The summed E-state index contributed by atoms with van der Waals surface area (Å²) in [5, 5.41) is 4.10. The van der Waals surface area contributed by atoms with Gasteiger partial charge in [0.05, 0.1) is 4.47 Å². The number of rotatable bonds is 6. The molecule has 0 bridgehead atoms. The van der Waals surface area contributed by atoms with E-state index in [2.05, 4.69) is 21.2 Å². The molecule has 0 radical (unpaired) electrons. The monoisotopic (exact) mass is 433 g/mol. The van der Waals surface area contributed by atoms with Crippen molar-refractivity contribution in [1.82, 2.24) is 0 Å². The van der Waals surface area contributed by atoms with Crippen molar-refractivity contribution in [3.8, 4) is 5.75 Å². The highest BCUT2D eigenvalue weighted by atomic mass is 79.9. The van der Waals surface area contributed by atoms with E-state index in [9.17, 15) is 4.39 Å². The summed E-state index contributed by atoms with van der Waals surface area (Å²) in [6.07, 6.45) is 0. The van der Waals surface area contributed by atoms with Crippen molar-refractivity contribution in [3.05, 3.63) is 92.7 Å². The molecule has 0 atom stereocenters. The van der Waals surface area contributed by atoms with Gasteiger partial charge in [-0.15, -0.1) is 0 Å². The molecule has 134 valence electrons. The quantitative estimate of drug-likeness (QED) is 0.464. The molecule has 0 aromatic heterocycles. The maximum absolute atomic E-state index is 13.2. The van der Waals surface area contributed by atoms with Crippen LogP contribution in [0.4, 0.5) is 10.1 Å². The summed E-state index contributed by atoms with van der Waals surface area (Å²) in [5.74, 6) is 0.458. The van der Waals surface area contributed by atoms with Gasteiger partial charge in [-0.25, -0.2) is 4.39 Å². The van der Waals surface area contributed by atoms with Gasteiger partial charge in [0.15, 0.2) is 0 Å². The van der Waals surface area contributed by atoms with E-state index in [-0.39, 0.29) is 5.82 Å². The Morgan fingerprint density at radius 2 is 1.88 bits per heavy atom. The van der Waals surface area contributed by atoms with Crippen LogP contribution in [0.25, 0.3) is 0 Å². The first kappa shape index (κ1) is 18.7. The molecule has 26 heavy (non-hydrogen) atoms. The molecule has 3 aromatic rings. The zero-order valence-electron chi connectivity index (χ0n) is 14.2. The Bertz CT molecular complexity index is 916. The Kier molecular flexibility index (Phi) is 6.17. The third kappa shape index (κ3) is 4.99. The molecule has 0 spiro atoms. The number of hydrogen-bond donors (Lipinski definition) is 1. The minimum Gasteiger partial charge on any atom is -0.488 e. The first-order valence-electron chi connectivity index (χ1n) is 8.17. The normalized spacial score (nSPS) is 10.6. The fourth-order valence-corrected chi connectivity index (χ4v) is 3.19. The van der Waals surface area contributed by atoms with Crippen molar-refractivity contribution in [1.29, 1.82) is 0 Å². The minimum absolute atomic E-state index is 0.261. The largest absolute Gasteiger partial charge is 0.488 e. The molecule has 0 aliphatic carbocycles. The molecule has 2 nitrogen and oxygen atoms in total. The molecule has 0 saturated carbocycles. The Labute approximate surface area is 166 Å². The minimum atomic E-state index is -0.261. The van der Waals surface area contributed by atoms with Crippen molar-refractivity contribution in [2.45, 2.75) is 20.1 Å². The van der Waals surface area contributed by atoms with E-state index in [1.165, 1.54) is 12.1 Å². The van der Waals surface area contributed by atoms with Gasteiger partial charge < -0.3 is 10.1 Å². The maximum atomic E-state index is 13.2. The summed E-state index contributed by atoms with van der Waals surface area (Å²) in [4.78, 5) is 0. The standard InChI is InChI=1S/C21H18BrClFNO/c1-14-5-7-18(11-20(14)23)25-12-15-6-8-21(19(22)10-15)26-13-16-3-2-4-17(24)9-16/h2-11,25H,12-13H2,1H3.